The molecule has 1 aromatic rings. The van der Waals surface area contributed by atoms with Gasteiger partial charge >= 0.3 is 0 Å². The molecule has 62 valence electrons. The molecule has 0 fully saturated rings. The normalized spacial score (nSPS) is 9.25. The van der Waals surface area contributed by atoms with Crippen LogP contribution < -0.4 is 0 Å². The van der Waals surface area contributed by atoms with E-state index in [0.29, 0.717) is 6.42 Å². The summed E-state index contributed by atoms with van der Waals surface area (Å²) in [6.07, 6.45) is 4.36. The van der Waals surface area contributed by atoms with Crippen LogP contribution in [0.25, 0.3) is 0 Å². The largest absolute Gasteiger partial charge is 0.310 e. The van der Waals surface area contributed by atoms with Gasteiger partial charge in [-0.05, 0) is 12.1 Å². The van der Waals surface area contributed by atoms with Crippen molar-refractivity contribution in [1.29, 1.82) is 5.26 Å². The Kier molecular flexibility index (Phi) is 3.85. The Hall–Kier alpha value is -0.790. The second kappa shape index (κ2) is 4.96. The van der Waals surface area contributed by atoms with E-state index in [-0.39, 0.29) is 0 Å². The SMILES string of the molecule is N#CCCSC(=S)n1cccc1. The van der Waals surface area contributed by atoms with Crippen LogP contribution in [0, 0.1) is 11.3 Å². The summed E-state index contributed by atoms with van der Waals surface area (Å²) in [4.78, 5) is 0. The first-order valence-corrected chi connectivity index (χ1v) is 4.91. The van der Waals surface area contributed by atoms with E-state index >= 15 is 0 Å². The maximum Gasteiger partial charge on any atom is 0.144 e. The van der Waals surface area contributed by atoms with Crippen LogP contribution in [0.4, 0.5) is 0 Å². The van der Waals surface area contributed by atoms with Crippen LogP contribution >= 0.6 is 24.0 Å². The van der Waals surface area contributed by atoms with Gasteiger partial charge < -0.3 is 4.57 Å². The number of rotatable bonds is 2. The minimum atomic E-state index is 0.548. The zero-order chi connectivity index (χ0) is 8.81. The molecule has 0 atom stereocenters. The third-order valence-electron chi connectivity index (χ3n) is 1.25. The Balaban J connectivity index is 2.36. The number of aromatic nitrogens is 1. The minimum absolute atomic E-state index is 0.548. The zero-order valence-corrected chi connectivity index (χ0v) is 8.07. The van der Waals surface area contributed by atoms with Crippen molar-refractivity contribution in [2.24, 2.45) is 0 Å². The monoisotopic (exact) mass is 196 g/mol. The van der Waals surface area contributed by atoms with E-state index in [2.05, 4.69) is 6.07 Å². The molecule has 1 aromatic heterocycles. The second-order valence-electron chi connectivity index (χ2n) is 2.11. The lowest BCUT2D eigenvalue weighted by Crippen LogP contribution is -2.01. The van der Waals surface area contributed by atoms with Gasteiger partial charge in [-0.25, -0.2) is 0 Å². The lowest BCUT2D eigenvalue weighted by atomic mass is 10.6. The van der Waals surface area contributed by atoms with Crippen LogP contribution in [0.1, 0.15) is 6.42 Å². The molecule has 0 saturated carbocycles. The molecule has 0 bridgehead atoms. The van der Waals surface area contributed by atoms with E-state index in [1.54, 1.807) is 0 Å². The Bertz CT molecular complexity index is 285. The number of hydrogen-bond acceptors (Lipinski definition) is 3. The highest BCUT2D eigenvalue weighted by atomic mass is 32.2. The fourth-order valence-corrected chi connectivity index (χ4v) is 1.73. The fourth-order valence-electron chi connectivity index (χ4n) is 0.715. The van der Waals surface area contributed by atoms with Gasteiger partial charge in [-0.15, -0.1) is 0 Å². The van der Waals surface area contributed by atoms with Gasteiger partial charge in [-0.1, -0.05) is 24.0 Å². The number of nitriles is 1. The third kappa shape index (κ3) is 2.68. The van der Waals surface area contributed by atoms with Gasteiger partial charge in [0, 0.05) is 24.6 Å². The summed E-state index contributed by atoms with van der Waals surface area (Å²) in [6, 6.07) is 5.93. The molecule has 0 spiro atoms. The van der Waals surface area contributed by atoms with Crippen LogP contribution in [0.3, 0.4) is 0 Å². The maximum absolute atomic E-state index is 8.30. The van der Waals surface area contributed by atoms with Crippen LogP contribution in [0.15, 0.2) is 24.5 Å². The van der Waals surface area contributed by atoms with E-state index in [4.69, 9.17) is 17.5 Å². The number of thioether (sulfide) groups is 1. The van der Waals surface area contributed by atoms with Crippen molar-refractivity contribution < 1.29 is 0 Å². The molecule has 4 heteroatoms. The molecule has 0 amide bonds. The molecule has 0 N–H and O–H groups in total. The molecule has 0 saturated heterocycles. The van der Waals surface area contributed by atoms with E-state index in [1.807, 2.05) is 29.1 Å². The zero-order valence-electron chi connectivity index (χ0n) is 6.43. The van der Waals surface area contributed by atoms with Crippen LogP contribution in [-0.4, -0.2) is 14.6 Å². The molecule has 2 nitrogen and oxygen atoms in total. The molecular formula is C8H8N2S2. The van der Waals surface area contributed by atoms with E-state index in [9.17, 15) is 0 Å². The van der Waals surface area contributed by atoms with Gasteiger partial charge in [0.05, 0.1) is 6.07 Å². The number of hydrogen-bond donors (Lipinski definition) is 0. The topological polar surface area (TPSA) is 28.7 Å². The predicted octanol–water partition coefficient (Wildman–Crippen LogP) is 2.27. The van der Waals surface area contributed by atoms with E-state index < -0.39 is 0 Å². The molecule has 1 heterocycles. The highest BCUT2D eigenvalue weighted by Crippen LogP contribution is 2.08. The minimum Gasteiger partial charge on any atom is -0.310 e. The van der Waals surface area contributed by atoms with Gasteiger partial charge in [-0.2, -0.15) is 5.26 Å². The van der Waals surface area contributed by atoms with Crippen molar-refractivity contribution in [3.05, 3.63) is 24.5 Å². The van der Waals surface area contributed by atoms with Crippen LogP contribution in [-0.2, 0) is 0 Å². The smallest absolute Gasteiger partial charge is 0.144 e. The number of nitrogens with zero attached hydrogens (tertiary/aromatic N) is 2. The summed E-state index contributed by atoms with van der Waals surface area (Å²) in [5.41, 5.74) is 0. The Labute approximate surface area is 81.2 Å². The maximum atomic E-state index is 8.30. The van der Waals surface area contributed by atoms with Gasteiger partial charge in [0.15, 0.2) is 0 Å². The van der Waals surface area contributed by atoms with Gasteiger partial charge in [0.25, 0.3) is 0 Å². The number of thiocarbonyl (C=S) groups is 1. The average molecular weight is 196 g/mol. The molecular weight excluding hydrogens is 188 g/mol. The highest BCUT2D eigenvalue weighted by Gasteiger charge is 1.97. The fraction of sp³-hybridized carbons (Fsp3) is 0.250. The molecule has 0 radical (unpaired) electrons. The predicted molar refractivity (Wildman–Crippen MR) is 55.1 cm³/mol. The van der Waals surface area contributed by atoms with Crippen molar-refractivity contribution >= 4 is 28.3 Å². The molecule has 0 unspecified atom stereocenters. The van der Waals surface area contributed by atoms with Crippen molar-refractivity contribution in [2.45, 2.75) is 6.42 Å². The lowest BCUT2D eigenvalue weighted by molar-refractivity contribution is 1.21. The average Bonchev–Trinajstić information content (AvgIpc) is 2.56. The van der Waals surface area contributed by atoms with E-state index in [0.717, 1.165) is 10.1 Å². The summed E-state index contributed by atoms with van der Waals surface area (Å²) in [6.45, 7) is 0. The first-order chi connectivity index (χ1) is 5.84. The van der Waals surface area contributed by atoms with Crippen molar-refractivity contribution in [2.75, 3.05) is 5.75 Å². The van der Waals surface area contributed by atoms with Crippen LogP contribution in [0.5, 0.6) is 0 Å². The quantitative estimate of drug-likeness (QED) is 0.536. The summed E-state index contributed by atoms with van der Waals surface area (Å²) in [5, 5.41) is 8.30. The summed E-state index contributed by atoms with van der Waals surface area (Å²) >= 11 is 6.63. The summed E-state index contributed by atoms with van der Waals surface area (Å²) < 4.78 is 2.67. The first kappa shape index (κ1) is 9.30. The van der Waals surface area contributed by atoms with Gasteiger partial charge in [-0.3, -0.25) is 0 Å². The lowest BCUT2D eigenvalue weighted by Gasteiger charge is -2.01. The van der Waals surface area contributed by atoms with Crippen LogP contribution in [0.2, 0.25) is 0 Å². The Morgan fingerprint density at radius 3 is 2.75 bits per heavy atom. The standard InChI is InChI=1S/C8H8N2S2/c9-4-3-7-12-8(11)10-5-1-2-6-10/h1-2,5-6H,3,7H2. The molecule has 0 aliphatic rings. The summed E-state index contributed by atoms with van der Waals surface area (Å²) in [7, 11) is 0. The molecule has 0 aliphatic heterocycles. The Morgan fingerprint density at radius 2 is 2.17 bits per heavy atom. The van der Waals surface area contributed by atoms with Crippen molar-refractivity contribution in [3.63, 3.8) is 0 Å². The third-order valence-corrected chi connectivity index (χ3v) is 2.69. The Morgan fingerprint density at radius 1 is 1.50 bits per heavy atom. The first-order valence-electron chi connectivity index (χ1n) is 3.51. The van der Waals surface area contributed by atoms with Crippen molar-refractivity contribution in [3.8, 4) is 6.07 Å². The molecule has 1 rings (SSSR count). The molecule has 0 aromatic carbocycles. The van der Waals surface area contributed by atoms with Crippen molar-refractivity contribution in [1.82, 2.24) is 4.57 Å². The molecule has 12 heavy (non-hydrogen) atoms. The molecule has 0 aliphatic carbocycles. The van der Waals surface area contributed by atoms with E-state index in [1.165, 1.54) is 11.8 Å². The highest BCUT2D eigenvalue weighted by molar-refractivity contribution is 8.23. The van der Waals surface area contributed by atoms with Gasteiger partial charge in [0.1, 0.15) is 4.32 Å². The van der Waals surface area contributed by atoms with Gasteiger partial charge in [0.2, 0.25) is 0 Å². The summed E-state index contributed by atoms with van der Waals surface area (Å²) in [5.74, 6) is 0.771. The second-order valence-corrected chi connectivity index (χ2v) is 3.84.